The van der Waals surface area contributed by atoms with E-state index in [4.69, 9.17) is 21.7 Å². The molecule has 0 rings (SSSR count). The average Bonchev–Trinajstić information content (AvgIpc) is 2.43. The molecule has 0 saturated heterocycles. The number of aliphatic carboxylic acids is 2. The molecular formula is C12H20N4O8. The molecule has 12 heteroatoms. The number of amides is 3. The first kappa shape index (κ1) is 21.3. The van der Waals surface area contributed by atoms with Gasteiger partial charge in [-0.25, -0.2) is 4.79 Å². The summed E-state index contributed by atoms with van der Waals surface area (Å²) in [6.45, 7) is 1.21. The van der Waals surface area contributed by atoms with Crippen LogP contribution in [0.2, 0.25) is 0 Å². The Morgan fingerprint density at radius 2 is 1.46 bits per heavy atom. The minimum atomic E-state index is -1.69. The minimum absolute atomic E-state index is 0.720. The molecule has 0 aliphatic rings. The van der Waals surface area contributed by atoms with Crippen molar-refractivity contribution < 1.29 is 39.3 Å². The summed E-state index contributed by atoms with van der Waals surface area (Å²) in [4.78, 5) is 56.2. The van der Waals surface area contributed by atoms with Gasteiger partial charge in [0, 0.05) is 0 Å². The maximum atomic E-state index is 12.0. The highest BCUT2D eigenvalue weighted by Gasteiger charge is 2.31. The number of nitrogens with one attached hydrogen (secondary N) is 2. The fourth-order valence-corrected chi connectivity index (χ4v) is 1.54. The van der Waals surface area contributed by atoms with E-state index in [1.807, 2.05) is 10.6 Å². The largest absolute Gasteiger partial charge is 0.481 e. The normalized spacial score (nSPS) is 15.5. The second kappa shape index (κ2) is 9.42. The third kappa shape index (κ3) is 7.51. The molecule has 0 aromatic carbocycles. The van der Waals surface area contributed by atoms with Gasteiger partial charge in [0.05, 0.1) is 18.9 Å². The molecule has 3 amide bonds. The number of carboxylic acids is 2. The maximum Gasteiger partial charge on any atom is 0.326 e. The van der Waals surface area contributed by atoms with Crippen LogP contribution in [-0.2, 0) is 24.0 Å². The predicted molar refractivity (Wildman–Crippen MR) is 77.2 cm³/mol. The van der Waals surface area contributed by atoms with Crippen molar-refractivity contribution in [3.8, 4) is 0 Å². The lowest BCUT2D eigenvalue weighted by Gasteiger charge is -2.22. The summed E-state index contributed by atoms with van der Waals surface area (Å²) in [6, 6.07) is -4.77. The summed E-state index contributed by atoms with van der Waals surface area (Å²) >= 11 is 0. The quantitative estimate of drug-likeness (QED) is 0.204. The van der Waals surface area contributed by atoms with Crippen LogP contribution in [0.3, 0.4) is 0 Å². The Bertz CT molecular complexity index is 521. The van der Waals surface area contributed by atoms with Crippen LogP contribution in [0.25, 0.3) is 0 Å². The molecule has 0 saturated carbocycles. The Kier molecular flexibility index (Phi) is 8.35. The zero-order chi connectivity index (χ0) is 19.0. The number of carboxylic acid groups (broad SMARTS) is 2. The summed E-state index contributed by atoms with van der Waals surface area (Å²) in [5.41, 5.74) is 10.2. The van der Waals surface area contributed by atoms with Crippen LogP contribution in [0.4, 0.5) is 0 Å². The Morgan fingerprint density at radius 3 is 1.83 bits per heavy atom. The highest BCUT2D eigenvalue weighted by Crippen LogP contribution is 1.99. The Morgan fingerprint density at radius 1 is 0.958 bits per heavy atom. The molecule has 0 radical (unpaired) electrons. The zero-order valence-corrected chi connectivity index (χ0v) is 12.8. The van der Waals surface area contributed by atoms with Gasteiger partial charge in [-0.2, -0.15) is 0 Å². The van der Waals surface area contributed by atoms with Gasteiger partial charge in [-0.1, -0.05) is 0 Å². The lowest BCUT2D eigenvalue weighted by molar-refractivity contribution is -0.144. The van der Waals surface area contributed by atoms with Crippen LogP contribution in [0.5, 0.6) is 0 Å². The second-order valence-corrected chi connectivity index (χ2v) is 5.00. The summed E-state index contributed by atoms with van der Waals surface area (Å²) in [5, 5.41) is 30.8. The molecule has 24 heavy (non-hydrogen) atoms. The number of hydrogen-bond acceptors (Lipinski definition) is 7. The van der Waals surface area contributed by atoms with E-state index >= 15 is 0 Å². The first-order valence-electron chi connectivity index (χ1n) is 6.73. The number of carbonyl (C=O) groups excluding carboxylic acids is 3. The van der Waals surface area contributed by atoms with Crippen molar-refractivity contribution in [3.63, 3.8) is 0 Å². The molecule has 0 aliphatic heterocycles. The number of primary amides is 1. The van der Waals surface area contributed by atoms with Crippen molar-refractivity contribution in [2.45, 2.75) is 44.0 Å². The number of rotatable bonds is 10. The van der Waals surface area contributed by atoms with E-state index in [9.17, 15) is 29.1 Å². The Hall–Kier alpha value is -2.73. The van der Waals surface area contributed by atoms with Crippen LogP contribution in [0.1, 0.15) is 19.8 Å². The molecule has 0 aromatic rings. The van der Waals surface area contributed by atoms with E-state index in [-0.39, 0.29) is 0 Å². The molecule has 0 aromatic heterocycles. The molecule has 0 bridgehead atoms. The van der Waals surface area contributed by atoms with Gasteiger partial charge in [0.1, 0.15) is 18.1 Å². The van der Waals surface area contributed by atoms with E-state index in [1.54, 1.807) is 0 Å². The second-order valence-electron chi connectivity index (χ2n) is 5.00. The fraction of sp³-hybridized carbons (Fsp3) is 0.583. The summed E-state index contributed by atoms with van der Waals surface area (Å²) in [7, 11) is 0. The standard InChI is InChI=1S/C12H20N4O8/c1-4(17)9(14)11(22)15-5(3-8(19)20)10(21)16-6(12(23)24)2-7(13)18/h4-6,9,17H,2-3,14H2,1H3,(H2,13,18)(H,15,22)(H,16,21)(H,19,20)(H,23,24)/t4-,5+,6+,9+/m1/s1. The van der Waals surface area contributed by atoms with E-state index in [2.05, 4.69) is 0 Å². The number of carbonyl (C=O) groups is 5. The Labute approximate surface area is 136 Å². The molecule has 0 aliphatic carbocycles. The smallest absolute Gasteiger partial charge is 0.326 e. The van der Waals surface area contributed by atoms with Crippen molar-refractivity contribution in [2.75, 3.05) is 0 Å². The number of aliphatic hydroxyl groups is 1. The summed E-state index contributed by atoms with van der Waals surface area (Å²) < 4.78 is 0. The topological polar surface area (TPSA) is 222 Å². The van der Waals surface area contributed by atoms with Crippen molar-refractivity contribution in [2.24, 2.45) is 11.5 Å². The van der Waals surface area contributed by atoms with Crippen molar-refractivity contribution >= 4 is 29.7 Å². The molecule has 9 N–H and O–H groups in total. The van der Waals surface area contributed by atoms with Crippen LogP contribution >= 0.6 is 0 Å². The van der Waals surface area contributed by atoms with Crippen LogP contribution in [0.15, 0.2) is 0 Å². The van der Waals surface area contributed by atoms with Crippen molar-refractivity contribution in [1.29, 1.82) is 0 Å². The highest BCUT2D eigenvalue weighted by atomic mass is 16.4. The van der Waals surface area contributed by atoms with Crippen LogP contribution in [-0.4, -0.2) is 69.2 Å². The van der Waals surface area contributed by atoms with Crippen molar-refractivity contribution in [1.82, 2.24) is 10.6 Å². The third-order valence-corrected chi connectivity index (χ3v) is 2.85. The molecule has 0 spiro atoms. The average molecular weight is 348 g/mol. The highest BCUT2D eigenvalue weighted by molar-refractivity contribution is 5.95. The summed E-state index contributed by atoms with van der Waals surface area (Å²) in [5.74, 6) is -6.19. The van der Waals surface area contributed by atoms with E-state index < -0.39 is 66.7 Å². The maximum absolute atomic E-state index is 12.0. The lowest BCUT2D eigenvalue weighted by Crippen LogP contribution is -2.57. The molecule has 0 unspecified atom stereocenters. The van der Waals surface area contributed by atoms with Gasteiger partial charge in [-0.3, -0.25) is 19.2 Å². The van der Waals surface area contributed by atoms with Gasteiger partial charge in [0.25, 0.3) is 0 Å². The fourth-order valence-electron chi connectivity index (χ4n) is 1.54. The molecule has 12 nitrogen and oxygen atoms in total. The van der Waals surface area contributed by atoms with E-state index in [0.29, 0.717) is 0 Å². The number of nitrogens with two attached hydrogens (primary N) is 2. The monoisotopic (exact) mass is 348 g/mol. The number of hydrogen-bond donors (Lipinski definition) is 7. The van der Waals surface area contributed by atoms with Crippen LogP contribution < -0.4 is 22.1 Å². The van der Waals surface area contributed by atoms with Gasteiger partial charge in [0.2, 0.25) is 17.7 Å². The Balaban J connectivity index is 5.11. The van der Waals surface area contributed by atoms with Gasteiger partial charge in [0.15, 0.2) is 0 Å². The van der Waals surface area contributed by atoms with Crippen molar-refractivity contribution in [3.05, 3.63) is 0 Å². The summed E-state index contributed by atoms with van der Waals surface area (Å²) in [6.07, 6.45) is -2.85. The van der Waals surface area contributed by atoms with Gasteiger partial charge in [-0.15, -0.1) is 0 Å². The first-order valence-corrected chi connectivity index (χ1v) is 6.73. The van der Waals surface area contributed by atoms with Gasteiger partial charge in [-0.05, 0) is 6.92 Å². The third-order valence-electron chi connectivity index (χ3n) is 2.85. The molecular weight excluding hydrogens is 328 g/mol. The first-order chi connectivity index (χ1) is 11.0. The van der Waals surface area contributed by atoms with Crippen LogP contribution in [0, 0.1) is 0 Å². The molecule has 136 valence electrons. The number of aliphatic hydroxyl groups excluding tert-OH is 1. The van der Waals surface area contributed by atoms with E-state index in [0.717, 1.165) is 0 Å². The van der Waals surface area contributed by atoms with E-state index in [1.165, 1.54) is 6.92 Å². The predicted octanol–water partition coefficient (Wildman–Crippen LogP) is -3.90. The zero-order valence-electron chi connectivity index (χ0n) is 12.8. The SMILES string of the molecule is C[C@@H](O)[C@H](N)C(=O)N[C@@H](CC(=O)O)C(=O)N[C@@H](CC(N)=O)C(=O)O. The molecule has 0 fully saturated rings. The molecule has 0 heterocycles. The minimum Gasteiger partial charge on any atom is -0.481 e. The van der Waals surface area contributed by atoms with Gasteiger partial charge < -0.3 is 37.4 Å². The lowest BCUT2D eigenvalue weighted by atomic mass is 10.1. The molecule has 4 atom stereocenters. The van der Waals surface area contributed by atoms with Gasteiger partial charge >= 0.3 is 11.9 Å².